The van der Waals surface area contributed by atoms with Gasteiger partial charge in [0.25, 0.3) is 5.69 Å². The standard InChI is InChI=1S/C28H32N4O6/c1-18-24(27(33)37-3)26(21-11-7-8-12-22(21)32(35)36)25(19(2)30-18)28(34)38-16-15-31-14-13-29-17-23(31)20-9-5-4-6-10-20/h4-12,23,26,29-30H,13-17H2,1-3H3. The van der Waals surface area contributed by atoms with Crippen molar-refractivity contribution in [3.05, 3.63) is 98.4 Å². The molecular weight excluding hydrogens is 488 g/mol. The molecule has 10 nitrogen and oxygen atoms in total. The van der Waals surface area contributed by atoms with E-state index in [1.165, 1.54) is 18.7 Å². The molecule has 0 aliphatic carbocycles. The van der Waals surface area contributed by atoms with Gasteiger partial charge in [0.1, 0.15) is 6.61 Å². The summed E-state index contributed by atoms with van der Waals surface area (Å²) in [4.78, 5) is 40.0. The van der Waals surface area contributed by atoms with Crippen LogP contribution in [0.5, 0.6) is 0 Å². The van der Waals surface area contributed by atoms with E-state index < -0.39 is 22.8 Å². The molecule has 200 valence electrons. The molecule has 2 N–H and O–H groups in total. The van der Waals surface area contributed by atoms with Crippen LogP contribution in [0.2, 0.25) is 0 Å². The van der Waals surface area contributed by atoms with E-state index in [-0.39, 0.29) is 35.0 Å². The topological polar surface area (TPSA) is 123 Å². The number of para-hydroxylation sites is 1. The third-order valence-electron chi connectivity index (χ3n) is 6.98. The van der Waals surface area contributed by atoms with Crippen molar-refractivity contribution in [3.63, 3.8) is 0 Å². The average molecular weight is 521 g/mol. The molecule has 2 aromatic carbocycles. The number of nitrogens with zero attached hydrogens (tertiary/aromatic N) is 2. The number of ether oxygens (including phenoxy) is 2. The first-order chi connectivity index (χ1) is 18.3. The molecule has 0 spiro atoms. The van der Waals surface area contributed by atoms with Crippen LogP contribution in [0.3, 0.4) is 0 Å². The summed E-state index contributed by atoms with van der Waals surface area (Å²) in [6, 6.07) is 16.4. The highest BCUT2D eigenvalue weighted by atomic mass is 16.6. The molecule has 0 bridgehead atoms. The number of carbonyl (C=O) groups is 2. The van der Waals surface area contributed by atoms with Gasteiger partial charge in [-0.05, 0) is 19.4 Å². The van der Waals surface area contributed by atoms with Gasteiger partial charge in [0, 0.05) is 55.2 Å². The highest BCUT2D eigenvalue weighted by Crippen LogP contribution is 2.42. The molecule has 2 aliphatic heterocycles. The first kappa shape index (κ1) is 27.0. The van der Waals surface area contributed by atoms with Crippen LogP contribution in [0.25, 0.3) is 0 Å². The predicted molar refractivity (Wildman–Crippen MR) is 141 cm³/mol. The zero-order valence-corrected chi connectivity index (χ0v) is 21.7. The van der Waals surface area contributed by atoms with Crippen molar-refractivity contribution < 1.29 is 24.0 Å². The van der Waals surface area contributed by atoms with Crippen LogP contribution in [0.1, 0.15) is 36.9 Å². The Bertz CT molecular complexity index is 1270. The highest BCUT2D eigenvalue weighted by Gasteiger charge is 2.40. The molecule has 10 heteroatoms. The number of esters is 2. The van der Waals surface area contributed by atoms with Gasteiger partial charge in [-0.2, -0.15) is 0 Å². The number of nitrogens with one attached hydrogen (secondary N) is 2. The van der Waals surface area contributed by atoms with E-state index in [9.17, 15) is 19.7 Å². The van der Waals surface area contributed by atoms with E-state index in [2.05, 4.69) is 27.7 Å². The van der Waals surface area contributed by atoms with Crippen LogP contribution in [0, 0.1) is 10.1 Å². The normalized spacial score (nSPS) is 20.1. The molecule has 0 aromatic heterocycles. The highest BCUT2D eigenvalue weighted by molar-refractivity contribution is 6.00. The molecule has 2 heterocycles. The summed E-state index contributed by atoms with van der Waals surface area (Å²) in [6.45, 7) is 6.43. The van der Waals surface area contributed by atoms with Crippen molar-refractivity contribution in [2.75, 3.05) is 39.9 Å². The van der Waals surface area contributed by atoms with E-state index in [1.807, 2.05) is 18.2 Å². The molecule has 0 amide bonds. The number of hydrogen-bond donors (Lipinski definition) is 2. The second kappa shape index (κ2) is 12.0. The van der Waals surface area contributed by atoms with E-state index in [1.54, 1.807) is 32.0 Å². The number of nitro benzene ring substituents is 1. The average Bonchev–Trinajstić information content (AvgIpc) is 2.93. The summed E-state index contributed by atoms with van der Waals surface area (Å²) >= 11 is 0. The third kappa shape index (κ3) is 5.61. The Morgan fingerprint density at radius 3 is 2.37 bits per heavy atom. The number of hydrogen-bond acceptors (Lipinski definition) is 9. The largest absolute Gasteiger partial charge is 0.466 e. The van der Waals surface area contributed by atoms with Crippen LogP contribution >= 0.6 is 0 Å². The second-order valence-corrected chi connectivity index (χ2v) is 9.25. The second-order valence-electron chi connectivity index (χ2n) is 9.25. The Morgan fingerprint density at radius 1 is 1.03 bits per heavy atom. The Labute approximate surface area is 221 Å². The van der Waals surface area contributed by atoms with Crippen LogP contribution in [-0.2, 0) is 19.1 Å². The summed E-state index contributed by atoms with van der Waals surface area (Å²) in [6.07, 6.45) is 0. The van der Waals surface area contributed by atoms with Crippen LogP contribution in [0.4, 0.5) is 5.69 Å². The maximum absolute atomic E-state index is 13.5. The molecular formula is C28H32N4O6. The van der Waals surface area contributed by atoms with Crippen LogP contribution in [0.15, 0.2) is 77.1 Å². The Morgan fingerprint density at radius 2 is 1.68 bits per heavy atom. The molecule has 1 fully saturated rings. The van der Waals surface area contributed by atoms with E-state index in [0.717, 1.165) is 19.6 Å². The maximum atomic E-state index is 13.5. The fourth-order valence-electron chi connectivity index (χ4n) is 5.21. The lowest BCUT2D eigenvalue weighted by molar-refractivity contribution is -0.385. The fourth-order valence-corrected chi connectivity index (χ4v) is 5.21. The number of piperazine rings is 1. The number of benzene rings is 2. The molecule has 2 aliphatic rings. The van der Waals surface area contributed by atoms with Gasteiger partial charge in [0.15, 0.2) is 0 Å². The number of methoxy groups -OCH3 is 1. The summed E-state index contributed by atoms with van der Waals surface area (Å²) in [5, 5.41) is 18.3. The number of dihydropyridines is 1. The van der Waals surface area contributed by atoms with Gasteiger partial charge in [0.2, 0.25) is 0 Å². The van der Waals surface area contributed by atoms with Gasteiger partial charge >= 0.3 is 11.9 Å². The zero-order chi connectivity index (χ0) is 27.2. The quantitative estimate of drug-likeness (QED) is 0.307. The van der Waals surface area contributed by atoms with Crippen molar-refractivity contribution in [3.8, 4) is 0 Å². The minimum Gasteiger partial charge on any atom is -0.466 e. The minimum absolute atomic E-state index is 0.124. The molecule has 4 rings (SSSR count). The molecule has 1 saturated heterocycles. The molecule has 0 saturated carbocycles. The van der Waals surface area contributed by atoms with E-state index in [4.69, 9.17) is 9.47 Å². The van der Waals surface area contributed by atoms with Gasteiger partial charge in [-0.25, -0.2) is 9.59 Å². The van der Waals surface area contributed by atoms with Crippen LogP contribution < -0.4 is 10.6 Å². The summed E-state index contributed by atoms with van der Waals surface area (Å²) in [5.74, 6) is -2.34. The van der Waals surface area contributed by atoms with Crippen molar-refractivity contribution in [1.29, 1.82) is 0 Å². The lowest BCUT2D eigenvalue weighted by atomic mass is 9.79. The maximum Gasteiger partial charge on any atom is 0.336 e. The van der Waals surface area contributed by atoms with Crippen molar-refractivity contribution in [2.45, 2.75) is 25.8 Å². The predicted octanol–water partition coefficient (Wildman–Crippen LogP) is 3.19. The number of allylic oxidation sites excluding steroid dienone is 2. The molecule has 0 radical (unpaired) electrons. The zero-order valence-electron chi connectivity index (χ0n) is 21.7. The lowest BCUT2D eigenvalue weighted by Gasteiger charge is -2.36. The number of carbonyl (C=O) groups excluding carboxylic acids is 2. The third-order valence-corrected chi connectivity index (χ3v) is 6.98. The number of nitro groups is 1. The smallest absolute Gasteiger partial charge is 0.336 e. The molecule has 2 atom stereocenters. The van der Waals surface area contributed by atoms with Crippen molar-refractivity contribution in [1.82, 2.24) is 15.5 Å². The van der Waals surface area contributed by atoms with Gasteiger partial charge in [-0.1, -0.05) is 48.5 Å². The van der Waals surface area contributed by atoms with Gasteiger partial charge in [0.05, 0.1) is 29.1 Å². The molecule has 2 aromatic rings. The van der Waals surface area contributed by atoms with E-state index in [0.29, 0.717) is 17.9 Å². The lowest BCUT2D eigenvalue weighted by Crippen LogP contribution is -2.47. The first-order valence-electron chi connectivity index (χ1n) is 12.5. The number of rotatable bonds is 8. The van der Waals surface area contributed by atoms with Gasteiger partial charge in [-0.15, -0.1) is 0 Å². The molecule has 38 heavy (non-hydrogen) atoms. The van der Waals surface area contributed by atoms with Gasteiger partial charge in [-0.3, -0.25) is 15.0 Å². The summed E-state index contributed by atoms with van der Waals surface area (Å²) in [7, 11) is 1.24. The summed E-state index contributed by atoms with van der Waals surface area (Å²) < 4.78 is 10.7. The van der Waals surface area contributed by atoms with Gasteiger partial charge < -0.3 is 20.1 Å². The monoisotopic (exact) mass is 520 g/mol. The fraction of sp³-hybridized carbons (Fsp3) is 0.357. The van der Waals surface area contributed by atoms with Crippen LogP contribution in [-0.4, -0.2) is 61.7 Å². The SMILES string of the molecule is COC(=O)C1=C(C)NC(C)=C(C(=O)OCCN2CCNCC2c2ccccc2)C1c1ccccc1[N+](=O)[O-]. The Kier molecular flexibility index (Phi) is 8.55. The molecule has 2 unspecified atom stereocenters. The van der Waals surface area contributed by atoms with Crippen molar-refractivity contribution >= 4 is 17.6 Å². The summed E-state index contributed by atoms with van der Waals surface area (Å²) in [5.41, 5.74) is 2.40. The Hall–Kier alpha value is -4.02. The first-order valence-corrected chi connectivity index (χ1v) is 12.5. The Balaban J connectivity index is 1.59. The van der Waals surface area contributed by atoms with Crippen molar-refractivity contribution in [2.24, 2.45) is 0 Å². The van der Waals surface area contributed by atoms with E-state index >= 15 is 0 Å². The minimum atomic E-state index is -1.02.